The predicted molar refractivity (Wildman–Crippen MR) is 98.4 cm³/mol. The Bertz CT molecular complexity index is 1150. The Morgan fingerprint density at radius 1 is 0.565 bits per heavy atom. The summed E-state index contributed by atoms with van der Waals surface area (Å²) in [6.07, 6.45) is 0.689. The van der Waals surface area contributed by atoms with E-state index in [4.69, 9.17) is 0 Å². The summed E-state index contributed by atoms with van der Waals surface area (Å²) in [4.78, 5) is 0. The van der Waals surface area contributed by atoms with Crippen LogP contribution in [0.15, 0.2) is 66.7 Å². The number of aliphatic hydroxyl groups is 1. The largest absolute Gasteiger partial charge is 0.396 e. The first-order chi connectivity index (χ1) is 11.4. The zero-order valence-electron chi connectivity index (χ0n) is 12.7. The molecule has 0 aliphatic carbocycles. The van der Waals surface area contributed by atoms with Crippen molar-refractivity contribution < 1.29 is 5.11 Å². The molecule has 5 rings (SSSR count). The minimum atomic E-state index is 0.175. The first kappa shape index (κ1) is 12.9. The van der Waals surface area contributed by atoms with Crippen molar-refractivity contribution in [2.75, 3.05) is 6.61 Å². The molecule has 0 fully saturated rings. The van der Waals surface area contributed by atoms with Gasteiger partial charge in [-0.2, -0.15) is 0 Å². The molecule has 5 aromatic carbocycles. The number of rotatable bonds is 2. The molecule has 1 heteroatoms. The Balaban J connectivity index is 2.16. The van der Waals surface area contributed by atoms with E-state index in [2.05, 4.69) is 66.7 Å². The maximum atomic E-state index is 9.58. The lowest BCUT2D eigenvalue weighted by Crippen LogP contribution is -1.96. The molecule has 0 spiro atoms. The molecule has 110 valence electrons. The van der Waals surface area contributed by atoms with E-state index in [1.54, 1.807) is 0 Å². The van der Waals surface area contributed by atoms with Crippen LogP contribution < -0.4 is 0 Å². The van der Waals surface area contributed by atoms with Crippen LogP contribution in [0, 0.1) is 0 Å². The smallest absolute Gasteiger partial charge is 0.0471 e. The zero-order valence-corrected chi connectivity index (χ0v) is 12.7. The predicted octanol–water partition coefficient (Wildman–Crippen LogP) is 5.27. The van der Waals surface area contributed by atoms with Crippen molar-refractivity contribution >= 4 is 43.1 Å². The lowest BCUT2D eigenvalue weighted by Gasteiger charge is -2.17. The first-order valence-corrected chi connectivity index (χ1v) is 8.06. The second-order valence-corrected chi connectivity index (χ2v) is 6.18. The van der Waals surface area contributed by atoms with Crippen LogP contribution in [0.5, 0.6) is 0 Å². The van der Waals surface area contributed by atoms with Crippen molar-refractivity contribution in [3.8, 4) is 0 Å². The molecule has 0 aromatic heterocycles. The van der Waals surface area contributed by atoms with Crippen molar-refractivity contribution in [2.45, 2.75) is 6.42 Å². The number of hydrogen-bond acceptors (Lipinski definition) is 1. The van der Waals surface area contributed by atoms with Crippen LogP contribution in [0.3, 0.4) is 0 Å². The number of fused-ring (bicyclic) bond motifs is 2. The third-order valence-electron chi connectivity index (χ3n) is 5.01. The fraction of sp³-hybridized carbons (Fsp3) is 0.0909. The molecule has 1 nitrogen and oxygen atoms in total. The Morgan fingerprint density at radius 2 is 1.26 bits per heavy atom. The van der Waals surface area contributed by atoms with Gasteiger partial charge in [0, 0.05) is 6.61 Å². The van der Waals surface area contributed by atoms with E-state index in [1.807, 2.05) is 0 Å². The molecule has 0 unspecified atom stereocenters. The van der Waals surface area contributed by atoms with Crippen LogP contribution in [0.1, 0.15) is 5.56 Å². The van der Waals surface area contributed by atoms with Gasteiger partial charge in [-0.3, -0.25) is 0 Å². The van der Waals surface area contributed by atoms with Gasteiger partial charge in [-0.1, -0.05) is 66.7 Å². The fourth-order valence-corrected chi connectivity index (χ4v) is 4.07. The third-order valence-corrected chi connectivity index (χ3v) is 5.01. The molecule has 0 aliphatic heterocycles. The number of benzene rings is 5. The second-order valence-electron chi connectivity index (χ2n) is 6.18. The lowest BCUT2D eigenvalue weighted by atomic mass is 9.87. The van der Waals surface area contributed by atoms with Gasteiger partial charge in [0.15, 0.2) is 0 Å². The quantitative estimate of drug-likeness (QED) is 0.347. The summed E-state index contributed by atoms with van der Waals surface area (Å²) in [7, 11) is 0. The average molecular weight is 296 g/mol. The molecule has 0 bridgehead atoms. The highest BCUT2D eigenvalue weighted by molar-refractivity contribution is 6.30. The van der Waals surface area contributed by atoms with Crippen LogP contribution in [0.4, 0.5) is 0 Å². The highest BCUT2D eigenvalue weighted by Gasteiger charge is 2.14. The monoisotopic (exact) mass is 296 g/mol. The van der Waals surface area contributed by atoms with Gasteiger partial charge in [0.1, 0.15) is 0 Å². The Labute approximate surface area is 134 Å². The average Bonchev–Trinajstić information content (AvgIpc) is 2.61. The molecule has 0 aliphatic rings. The van der Waals surface area contributed by atoms with Gasteiger partial charge in [0.05, 0.1) is 0 Å². The maximum absolute atomic E-state index is 9.58. The SMILES string of the molecule is OCCc1c2ccccc2c2ccc3cccc4ccc1c2c43. The highest BCUT2D eigenvalue weighted by Crippen LogP contribution is 2.40. The Morgan fingerprint density at radius 3 is 2.00 bits per heavy atom. The van der Waals surface area contributed by atoms with Gasteiger partial charge in [-0.25, -0.2) is 0 Å². The van der Waals surface area contributed by atoms with Gasteiger partial charge in [-0.05, 0) is 55.1 Å². The van der Waals surface area contributed by atoms with E-state index >= 15 is 0 Å². The molecular formula is C22H16O. The van der Waals surface area contributed by atoms with Crippen LogP contribution in [-0.4, -0.2) is 11.7 Å². The van der Waals surface area contributed by atoms with E-state index in [9.17, 15) is 5.11 Å². The van der Waals surface area contributed by atoms with E-state index < -0.39 is 0 Å². The molecule has 0 saturated carbocycles. The maximum Gasteiger partial charge on any atom is 0.0471 e. The van der Waals surface area contributed by atoms with Crippen LogP contribution in [-0.2, 0) is 6.42 Å². The topological polar surface area (TPSA) is 20.2 Å². The third kappa shape index (κ3) is 1.66. The van der Waals surface area contributed by atoms with Crippen LogP contribution >= 0.6 is 0 Å². The standard InChI is InChI=1S/C22H16O/c23-13-12-18-16-6-1-2-7-17(16)19-10-8-14-4-3-5-15-9-11-20(18)22(19)21(14)15/h1-11,23H,12-13H2. The summed E-state index contributed by atoms with van der Waals surface area (Å²) in [5.74, 6) is 0. The van der Waals surface area contributed by atoms with Crippen LogP contribution in [0.2, 0.25) is 0 Å². The molecule has 23 heavy (non-hydrogen) atoms. The molecule has 0 amide bonds. The summed E-state index contributed by atoms with van der Waals surface area (Å²) in [6.45, 7) is 0.175. The zero-order chi connectivity index (χ0) is 15.4. The fourth-order valence-electron chi connectivity index (χ4n) is 4.07. The molecule has 0 radical (unpaired) electrons. The number of aliphatic hydroxyl groups excluding tert-OH is 1. The lowest BCUT2D eigenvalue weighted by molar-refractivity contribution is 0.300. The van der Waals surface area contributed by atoms with Crippen molar-refractivity contribution in [3.63, 3.8) is 0 Å². The molecule has 0 atom stereocenters. The van der Waals surface area contributed by atoms with Crippen LogP contribution in [0.25, 0.3) is 43.1 Å². The van der Waals surface area contributed by atoms with Crippen molar-refractivity contribution in [3.05, 3.63) is 72.3 Å². The second kappa shape index (κ2) is 4.68. The van der Waals surface area contributed by atoms with E-state index in [1.165, 1.54) is 48.7 Å². The summed E-state index contributed by atoms with van der Waals surface area (Å²) in [5, 5.41) is 19.9. The minimum absolute atomic E-state index is 0.175. The van der Waals surface area contributed by atoms with E-state index in [-0.39, 0.29) is 6.61 Å². The Kier molecular flexibility index (Phi) is 2.61. The Hall–Kier alpha value is -2.64. The summed E-state index contributed by atoms with van der Waals surface area (Å²) in [5.41, 5.74) is 1.26. The first-order valence-electron chi connectivity index (χ1n) is 8.06. The molecule has 0 saturated heterocycles. The normalized spacial score (nSPS) is 12.0. The molecule has 1 N–H and O–H groups in total. The van der Waals surface area contributed by atoms with Gasteiger partial charge >= 0.3 is 0 Å². The van der Waals surface area contributed by atoms with E-state index in [0.29, 0.717) is 6.42 Å². The summed E-state index contributed by atoms with van der Waals surface area (Å²) >= 11 is 0. The highest BCUT2D eigenvalue weighted by atomic mass is 16.2. The molecular weight excluding hydrogens is 280 g/mol. The summed E-state index contributed by atoms with van der Waals surface area (Å²) in [6, 6.07) is 23.9. The van der Waals surface area contributed by atoms with Gasteiger partial charge in [0.25, 0.3) is 0 Å². The summed E-state index contributed by atoms with van der Waals surface area (Å²) < 4.78 is 0. The number of hydrogen-bond donors (Lipinski definition) is 1. The van der Waals surface area contributed by atoms with Crippen molar-refractivity contribution in [1.29, 1.82) is 0 Å². The van der Waals surface area contributed by atoms with Crippen molar-refractivity contribution in [1.82, 2.24) is 0 Å². The van der Waals surface area contributed by atoms with Gasteiger partial charge in [0.2, 0.25) is 0 Å². The van der Waals surface area contributed by atoms with Crippen molar-refractivity contribution in [2.24, 2.45) is 0 Å². The van der Waals surface area contributed by atoms with Gasteiger partial charge < -0.3 is 5.11 Å². The molecule has 5 aromatic rings. The van der Waals surface area contributed by atoms with Gasteiger partial charge in [-0.15, -0.1) is 0 Å². The minimum Gasteiger partial charge on any atom is -0.396 e. The van der Waals surface area contributed by atoms with E-state index in [0.717, 1.165) is 0 Å². The molecule has 0 heterocycles.